The first kappa shape index (κ1) is 18.9. The van der Waals surface area contributed by atoms with Crippen LogP contribution in [0.25, 0.3) is 0 Å². The fraction of sp³-hybridized carbons (Fsp3) is 0.476. The first-order chi connectivity index (χ1) is 11.6. The molecule has 0 heterocycles. The molecule has 1 aliphatic carbocycles. The van der Waals surface area contributed by atoms with Crippen LogP contribution in [0.5, 0.6) is 0 Å². The minimum absolute atomic E-state index is 0.00383. The van der Waals surface area contributed by atoms with E-state index in [0.29, 0.717) is 0 Å². The molecule has 4 nitrogen and oxygen atoms in total. The average molecular weight is 339 g/mol. The van der Waals surface area contributed by atoms with Crippen LogP contribution in [0, 0.1) is 39.0 Å². The summed E-state index contributed by atoms with van der Waals surface area (Å²) in [6, 6.07) is 3.97. The van der Waals surface area contributed by atoms with Crippen molar-refractivity contribution in [2.24, 2.45) is 5.92 Å². The van der Waals surface area contributed by atoms with Crippen molar-refractivity contribution in [1.82, 2.24) is 5.32 Å². The number of ketones is 2. The number of aryl methyl sites for hydroxylation is 3. The molecule has 1 saturated carbocycles. The van der Waals surface area contributed by atoms with E-state index < -0.39 is 17.4 Å². The van der Waals surface area contributed by atoms with Crippen molar-refractivity contribution in [2.45, 2.75) is 58.9 Å². The summed E-state index contributed by atoms with van der Waals surface area (Å²) < 4.78 is 0. The predicted octanol–water partition coefficient (Wildman–Crippen LogP) is 2.77. The highest BCUT2D eigenvalue weighted by molar-refractivity contribution is 6.15. The van der Waals surface area contributed by atoms with Gasteiger partial charge >= 0.3 is 0 Å². The fourth-order valence-electron chi connectivity index (χ4n) is 3.64. The van der Waals surface area contributed by atoms with Crippen molar-refractivity contribution >= 4 is 17.5 Å². The molecular weight excluding hydrogens is 314 g/mol. The number of hydrogen-bond donors (Lipinski definition) is 1. The zero-order chi connectivity index (χ0) is 18.9. The van der Waals surface area contributed by atoms with Gasteiger partial charge in [0.15, 0.2) is 5.78 Å². The van der Waals surface area contributed by atoms with Gasteiger partial charge in [0.25, 0.3) is 0 Å². The number of hydrogen-bond acceptors (Lipinski definition) is 3. The lowest BCUT2D eigenvalue weighted by atomic mass is 9.86. The van der Waals surface area contributed by atoms with Crippen molar-refractivity contribution in [3.8, 4) is 12.3 Å². The van der Waals surface area contributed by atoms with Crippen molar-refractivity contribution in [3.05, 3.63) is 34.4 Å². The number of carbonyl (C=O) groups is 3. The molecule has 1 amide bonds. The van der Waals surface area contributed by atoms with Gasteiger partial charge < -0.3 is 5.32 Å². The smallest absolute Gasteiger partial charge is 0.221 e. The quantitative estimate of drug-likeness (QED) is 0.678. The lowest BCUT2D eigenvalue weighted by Crippen LogP contribution is -2.43. The summed E-state index contributed by atoms with van der Waals surface area (Å²) in [5.41, 5.74) is 3.02. The number of Topliss-reactive ketones (excluding diaryl/α,β-unsaturated/α-hetero) is 2. The van der Waals surface area contributed by atoms with E-state index in [0.717, 1.165) is 22.3 Å². The van der Waals surface area contributed by atoms with E-state index in [1.807, 2.05) is 32.9 Å². The molecule has 0 aromatic heterocycles. The van der Waals surface area contributed by atoms with Crippen LogP contribution < -0.4 is 5.32 Å². The van der Waals surface area contributed by atoms with Crippen molar-refractivity contribution in [1.29, 1.82) is 0 Å². The average Bonchev–Trinajstić information content (AvgIpc) is 2.73. The standard InChI is InChI=1S/C21H25NO3/c1-7-21(5,6)22-17(24)11-15-10-16(23)19(20(15)25)18-13(3)8-12(2)9-14(18)4/h1,8-9,15,19H,10-11H2,2-6H3,(H,22,24). The Labute approximate surface area is 149 Å². The highest BCUT2D eigenvalue weighted by atomic mass is 16.2. The summed E-state index contributed by atoms with van der Waals surface area (Å²) in [5.74, 6) is 0.599. The number of rotatable bonds is 4. The van der Waals surface area contributed by atoms with Crippen LogP contribution in [0.1, 0.15) is 54.9 Å². The molecule has 1 aliphatic rings. The molecule has 1 aromatic carbocycles. The summed E-state index contributed by atoms with van der Waals surface area (Å²) in [4.78, 5) is 37.5. The van der Waals surface area contributed by atoms with Crippen molar-refractivity contribution in [2.75, 3.05) is 0 Å². The SMILES string of the molecule is C#CC(C)(C)NC(=O)CC1CC(=O)C(c2c(C)cc(C)cc2C)C1=O. The third-order valence-corrected chi connectivity index (χ3v) is 4.73. The van der Waals surface area contributed by atoms with Gasteiger partial charge in [-0.3, -0.25) is 14.4 Å². The Morgan fingerprint density at radius 3 is 2.32 bits per heavy atom. The molecule has 4 heteroatoms. The second kappa shape index (κ2) is 6.84. The van der Waals surface area contributed by atoms with E-state index in [2.05, 4.69) is 11.2 Å². The third kappa shape index (κ3) is 3.99. The van der Waals surface area contributed by atoms with Gasteiger partial charge in [0, 0.05) is 18.8 Å². The van der Waals surface area contributed by atoms with Crippen LogP contribution in [0.4, 0.5) is 0 Å². The van der Waals surface area contributed by atoms with Gasteiger partial charge in [-0.05, 0) is 51.3 Å². The molecule has 1 N–H and O–H groups in total. The number of amides is 1. The molecular formula is C21H25NO3. The van der Waals surface area contributed by atoms with E-state index >= 15 is 0 Å². The van der Waals surface area contributed by atoms with Crippen LogP contribution in [-0.4, -0.2) is 23.0 Å². The summed E-state index contributed by atoms with van der Waals surface area (Å²) in [7, 11) is 0. The maximum Gasteiger partial charge on any atom is 0.221 e. The first-order valence-electron chi connectivity index (χ1n) is 8.48. The van der Waals surface area contributed by atoms with E-state index in [-0.39, 0.29) is 30.3 Å². The number of carbonyl (C=O) groups excluding carboxylic acids is 3. The van der Waals surface area contributed by atoms with Gasteiger partial charge in [-0.2, -0.15) is 0 Å². The van der Waals surface area contributed by atoms with Gasteiger partial charge in [0.1, 0.15) is 11.7 Å². The summed E-state index contributed by atoms with van der Waals surface area (Å²) in [6.45, 7) is 9.27. The molecule has 0 radical (unpaired) electrons. The number of nitrogens with one attached hydrogen (secondary N) is 1. The van der Waals surface area contributed by atoms with Crippen LogP contribution >= 0.6 is 0 Å². The first-order valence-corrected chi connectivity index (χ1v) is 8.48. The summed E-state index contributed by atoms with van der Waals surface area (Å²) in [5, 5.41) is 2.71. The summed E-state index contributed by atoms with van der Waals surface area (Å²) >= 11 is 0. The Morgan fingerprint density at radius 1 is 1.24 bits per heavy atom. The second-order valence-electron chi connectivity index (χ2n) is 7.54. The van der Waals surface area contributed by atoms with Gasteiger partial charge in [0.05, 0.1) is 5.54 Å². The maximum atomic E-state index is 12.8. The third-order valence-electron chi connectivity index (χ3n) is 4.73. The van der Waals surface area contributed by atoms with E-state index in [1.54, 1.807) is 13.8 Å². The second-order valence-corrected chi connectivity index (χ2v) is 7.54. The number of terminal acetylenes is 1. The highest BCUT2D eigenvalue weighted by Gasteiger charge is 2.44. The summed E-state index contributed by atoms with van der Waals surface area (Å²) in [6.07, 6.45) is 5.48. The molecule has 0 spiro atoms. The van der Waals surface area contributed by atoms with E-state index in [1.165, 1.54) is 0 Å². The molecule has 25 heavy (non-hydrogen) atoms. The molecule has 132 valence electrons. The maximum absolute atomic E-state index is 12.8. The van der Waals surface area contributed by atoms with Crippen LogP contribution in [0.3, 0.4) is 0 Å². The molecule has 2 atom stereocenters. The molecule has 0 aliphatic heterocycles. The monoisotopic (exact) mass is 339 g/mol. The molecule has 0 bridgehead atoms. The van der Waals surface area contributed by atoms with Crippen LogP contribution in [0.15, 0.2) is 12.1 Å². The molecule has 1 fully saturated rings. The zero-order valence-corrected chi connectivity index (χ0v) is 15.5. The van der Waals surface area contributed by atoms with Gasteiger partial charge in [0.2, 0.25) is 5.91 Å². The fourth-order valence-corrected chi connectivity index (χ4v) is 3.64. The van der Waals surface area contributed by atoms with Crippen LogP contribution in [0.2, 0.25) is 0 Å². The number of benzene rings is 1. The highest BCUT2D eigenvalue weighted by Crippen LogP contribution is 2.37. The Balaban J connectivity index is 2.21. The minimum atomic E-state index is -0.772. The molecule has 2 unspecified atom stereocenters. The predicted molar refractivity (Wildman–Crippen MR) is 97.2 cm³/mol. The molecule has 1 aromatic rings. The minimum Gasteiger partial charge on any atom is -0.340 e. The Kier molecular flexibility index (Phi) is 5.17. The largest absolute Gasteiger partial charge is 0.340 e. The van der Waals surface area contributed by atoms with Gasteiger partial charge in [-0.25, -0.2) is 0 Å². The molecule has 0 saturated heterocycles. The van der Waals surface area contributed by atoms with Gasteiger partial charge in [-0.1, -0.05) is 23.6 Å². The normalized spacial score (nSPS) is 20.5. The Hall–Kier alpha value is -2.41. The topological polar surface area (TPSA) is 63.2 Å². The molecule has 2 rings (SSSR count). The van der Waals surface area contributed by atoms with Crippen LogP contribution in [-0.2, 0) is 14.4 Å². The van der Waals surface area contributed by atoms with Crippen molar-refractivity contribution < 1.29 is 14.4 Å². The Bertz CT molecular complexity index is 760. The van der Waals surface area contributed by atoms with Gasteiger partial charge in [-0.15, -0.1) is 6.42 Å². The lowest BCUT2D eigenvalue weighted by molar-refractivity contribution is -0.129. The van der Waals surface area contributed by atoms with E-state index in [4.69, 9.17) is 6.42 Å². The Morgan fingerprint density at radius 2 is 1.80 bits per heavy atom. The van der Waals surface area contributed by atoms with Crippen molar-refractivity contribution in [3.63, 3.8) is 0 Å². The zero-order valence-electron chi connectivity index (χ0n) is 15.5. The lowest BCUT2D eigenvalue weighted by Gasteiger charge is -2.20. The van der Waals surface area contributed by atoms with E-state index in [9.17, 15) is 14.4 Å².